The Labute approximate surface area is 132 Å². The smallest absolute Gasteiger partial charge is 0.0790 e. The number of hydrogen-bond acceptors (Lipinski definition) is 2. The molecule has 0 aliphatic heterocycles. The van der Waals surface area contributed by atoms with Crippen molar-refractivity contribution in [3.05, 3.63) is 33.8 Å². The van der Waals surface area contributed by atoms with Gasteiger partial charge >= 0.3 is 0 Å². The van der Waals surface area contributed by atoms with Gasteiger partial charge in [-0.1, -0.05) is 49.0 Å². The van der Waals surface area contributed by atoms with Gasteiger partial charge in [-0.2, -0.15) is 0 Å². The molecule has 2 nitrogen and oxygen atoms in total. The van der Waals surface area contributed by atoms with Crippen molar-refractivity contribution in [3.8, 4) is 0 Å². The zero-order chi connectivity index (χ0) is 15.1. The molecule has 0 heterocycles. The van der Waals surface area contributed by atoms with Gasteiger partial charge < -0.3 is 10.0 Å². The molecular formula is C16H25Cl2NO. The minimum Gasteiger partial charge on any atom is -0.388 e. The van der Waals surface area contributed by atoms with Crippen LogP contribution in [0.4, 0.5) is 0 Å². The van der Waals surface area contributed by atoms with Crippen molar-refractivity contribution in [2.75, 3.05) is 20.6 Å². The number of rotatable bonds is 8. The molecule has 4 heteroatoms. The van der Waals surface area contributed by atoms with E-state index < -0.39 is 6.10 Å². The van der Waals surface area contributed by atoms with Gasteiger partial charge in [-0.25, -0.2) is 0 Å². The van der Waals surface area contributed by atoms with Crippen molar-refractivity contribution in [3.63, 3.8) is 0 Å². The fourth-order valence-electron chi connectivity index (χ4n) is 2.43. The maximum Gasteiger partial charge on any atom is 0.0790 e. The standard InChI is InChI=1S/C16H25Cl2NO/c1-12(11-19(2)3)6-4-5-7-16(20)13-8-9-14(17)15(18)10-13/h8-10,12,16,20H,4-7,11H2,1-3H3/t12-,16-/m1/s1. The number of halogens is 2. The predicted molar refractivity (Wildman–Crippen MR) is 87.6 cm³/mol. The third kappa shape index (κ3) is 6.45. The van der Waals surface area contributed by atoms with Crippen LogP contribution < -0.4 is 0 Å². The average molecular weight is 318 g/mol. The molecule has 1 aromatic carbocycles. The second kappa shape index (κ2) is 8.89. The Morgan fingerprint density at radius 3 is 2.35 bits per heavy atom. The van der Waals surface area contributed by atoms with E-state index in [0.29, 0.717) is 16.0 Å². The Hall–Kier alpha value is -0.280. The maximum atomic E-state index is 10.1. The molecule has 1 aromatic rings. The van der Waals surface area contributed by atoms with E-state index in [-0.39, 0.29) is 0 Å². The Kier molecular flexibility index (Phi) is 7.90. The zero-order valence-electron chi connectivity index (χ0n) is 12.6. The molecular weight excluding hydrogens is 293 g/mol. The van der Waals surface area contributed by atoms with Gasteiger partial charge in [0.05, 0.1) is 16.1 Å². The molecule has 0 spiro atoms. The summed E-state index contributed by atoms with van der Waals surface area (Å²) in [6.07, 6.45) is 3.69. The maximum absolute atomic E-state index is 10.1. The predicted octanol–water partition coefficient (Wildman–Crippen LogP) is 4.78. The molecule has 0 aromatic heterocycles. The van der Waals surface area contributed by atoms with Crippen LogP contribution in [0.5, 0.6) is 0 Å². The lowest BCUT2D eigenvalue weighted by Gasteiger charge is -2.17. The van der Waals surface area contributed by atoms with Crippen LogP contribution in [0.2, 0.25) is 10.0 Å². The molecule has 1 N–H and O–H groups in total. The molecule has 0 saturated carbocycles. The molecule has 0 radical (unpaired) electrons. The first-order chi connectivity index (χ1) is 9.40. The lowest BCUT2D eigenvalue weighted by Crippen LogP contribution is -2.19. The molecule has 0 unspecified atom stereocenters. The highest BCUT2D eigenvalue weighted by atomic mass is 35.5. The number of hydrogen-bond donors (Lipinski definition) is 1. The summed E-state index contributed by atoms with van der Waals surface area (Å²) in [4.78, 5) is 2.22. The monoisotopic (exact) mass is 317 g/mol. The first-order valence-corrected chi connectivity index (χ1v) is 7.93. The summed E-state index contributed by atoms with van der Waals surface area (Å²) < 4.78 is 0. The number of benzene rings is 1. The van der Waals surface area contributed by atoms with Gasteiger partial charge in [0.2, 0.25) is 0 Å². The van der Waals surface area contributed by atoms with Gasteiger partial charge in [-0.15, -0.1) is 0 Å². The molecule has 0 fully saturated rings. The highest BCUT2D eigenvalue weighted by Gasteiger charge is 2.10. The van der Waals surface area contributed by atoms with Crippen LogP contribution in [0.1, 0.15) is 44.3 Å². The van der Waals surface area contributed by atoms with E-state index in [2.05, 4.69) is 25.9 Å². The second-order valence-electron chi connectivity index (χ2n) is 5.84. The fraction of sp³-hybridized carbons (Fsp3) is 0.625. The summed E-state index contributed by atoms with van der Waals surface area (Å²) in [5, 5.41) is 11.2. The van der Waals surface area contributed by atoms with Crippen LogP contribution >= 0.6 is 23.2 Å². The first-order valence-electron chi connectivity index (χ1n) is 7.18. The molecule has 0 aliphatic carbocycles. The van der Waals surface area contributed by atoms with E-state index in [1.165, 1.54) is 6.42 Å². The third-order valence-corrected chi connectivity index (χ3v) is 4.17. The highest BCUT2D eigenvalue weighted by Crippen LogP contribution is 2.28. The van der Waals surface area contributed by atoms with Crippen LogP contribution in [0.15, 0.2) is 18.2 Å². The molecule has 114 valence electrons. The SMILES string of the molecule is C[C@H](CCCC[C@@H](O)c1ccc(Cl)c(Cl)c1)CN(C)C. The van der Waals surface area contributed by atoms with Crippen molar-refractivity contribution in [1.29, 1.82) is 0 Å². The van der Waals surface area contributed by atoms with Crippen LogP contribution in [0, 0.1) is 5.92 Å². The van der Waals surface area contributed by atoms with Crippen LogP contribution in [0.3, 0.4) is 0 Å². The zero-order valence-corrected chi connectivity index (χ0v) is 14.1. The lowest BCUT2D eigenvalue weighted by molar-refractivity contribution is 0.162. The van der Waals surface area contributed by atoms with Crippen LogP contribution in [-0.2, 0) is 0 Å². The Morgan fingerprint density at radius 2 is 1.75 bits per heavy atom. The van der Waals surface area contributed by atoms with Crippen LogP contribution in [0.25, 0.3) is 0 Å². The van der Waals surface area contributed by atoms with E-state index >= 15 is 0 Å². The third-order valence-electron chi connectivity index (χ3n) is 3.43. The normalized spacial score (nSPS) is 14.6. The van der Waals surface area contributed by atoms with E-state index in [0.717, 1.165) is 31.4 Å². The fourth-order valence-corrected chi connectivity index (χ4v) is 2.74. The van der Waals surface area contributed by atoms with Crippen molar-refractivity contribution in [1.82, 2.24) is 4.90 Å². The molecule has 1 rings (SSSR count). The molecule has 0 saturated heterocycles. The molecule has 0 aliphatic rings. The summed E-state index contributed by atoms with van der Waals surface area (Å²) >= 11 is 11.8. The Morgan fingerprint density at radius 1 is 1.10 bits per heavy atom. The van der Waals surface area contributed by atoms with E-state index in [1.54, 1.807) is 12.1 Å². The minimum atomic E-state index is -0.450. The second-order valence-corrected chi connectivity index (χ2v) is 6.66. The largest absolute Gasteiger partial charge is 0.388 e. The van der Waals surface area contributed by atoms with E-state index in [1.807, 2.05) is 6.07 Å². The van der Waals surface area contributed by atoms with Crippen molar-refractivity contribution >= 4 is 23.2 Å². The quantitative estimate of drug-likeness (QED) is 0.697. The minimum absolute atomic E-state index is 0.450. The highest BCUT2D eigenvalue weighted by molar-refractivity contribution is 6.42. The van der Waals surface area contributed by atoms with Gasteiger partial charge in [0.25, 0.3) is 0 Å². The van der Waals surface area contributed by atoms with Crippen molar-refractivity contribution in [2.24, 2.45) is 5.92 Å². The molecule has 0 amide bonds. The van der Waals surface area contributed by atoms with Crippen molar-refractivity contribution < 1.29 is 5.11 Å². The summed E-state index contributed by atoms with van der Waals surface area (Å²) in [6.45, 7) is 3.39. The van der Waals surface area contributed by atoms with E-state index in [9.17, 15) is 5.11 Å². The molecule has 0 bridgehead atoms. The first kappa shape index (κ1) is 17.8. The Bertz CT molecular complexity index is 409. The average Bonchev–Trinajstić information content (AvgIpc) is 2.36. The summed E-state index contributed by atoms with van der Waals surface area (Å²) in [6, 6.07) is 5.33. The van der Waals surface area contributed by atoms with E-state index in [4.69, 9.17) is 23.2 Å². The van der Waals surface area contributed by atoms with Gasteiger partial charge in [-0.3, -0.25) is 0 Å². The molecule has 2 atom stereocenters. The van der Waals surface area contributed by atoms with Gasteiger partial charge in [-0.05, 0) is 50.6 Å². The summed E-state index contributed by atoms with van der Waals surface area (Å²) in [5.74, 6) is 0.701. The van der Waals surface area contributed by atoms with Crippen LogP contribution in [-0.4, -0.2) is 30.6 Å². The number of unbranched alkanes of at least 4 members (excludes halogenated alkanes) is 1. The van der Waals surface area contributed by atoms with Crippen molar-refractivity contribution in [2.45, 2.75) is 38.7 Å². The number of aliphatic hydroxyl groups excluding tert-OH is 1. The topological polar surface area (TPSA) is 23.5 Å². The van der Waals surface area contributed by atoms with Gasteiger partial charge in [0, 0.05) is 6.54 Å². The summed E-state index contributed by atoms with van der Waals surface area (Å²) in [5.41, 5.74) is 0.848. The van der Waals surface area contributed by atoms with Gasteiger partial charge in [0.1, 0.15) is 0 Å². The summed E-state index contributed by atoms with van der Waals surface area (Å²) in [7, 11) is 4.20. The van der Waals surface area contributed by atoms with Gasteiger partial charge in [0.15, 0.2) is 0 Å². The number of nitrogens with zero attached hydrogens (tertiary/aromatic N) is 1. The Balaban J connectivity index is 2.29. The lowest BCUT2D eigenvalue weighted by atomic mass is 9.99. The molecule has 20 heavy (non-hydrogen) atoms. The number of aliphatic hydroxyl groups is 1.